The van der Waals surface area contributed by atoms with Gasteiger partial charge in [-0.2, -0.15) is 0 Å². The third kappa shape index (κ3) is 8.90. The van der Waals surface area contributed by atoms with Crippen molar-refractivity contribution in [1.82, 2.24) is 15.3 Å². The summed E-state index contributed by atoms with van der Waals surface area (Å²) >= 11 is 0. The number of morpholine rings is 1. The number of rotatable bonds is 7. The molecule has 1 fully saturated rings. The molecule has 3 heterocycles. The summed E-state index contributed by atoms with van der Waals surface area (Å²) in [6.07, 6.45) is 5.35. The molecule has 1 saturated heterocycles. The first kappa shape index (κ1) is 35.0. The molecule has 0 saturated carbocycles. The van der Waals surface area contributed by atoms with E-state index in [2.05, 4.69) is 21.4 Å². The van der Waals surface area contributed by atoms with Gasteiger partial charge in [0.1, 0.15) is 17.7 Å². The van der Waals surface area contributed by atoms with Gasteiger partial charge in [-0.1, -0.05) is 36.4 Å². The molecule has 1 unspecified atom stereocenters. The predicted octanol–water partition coefficient (Wildman–Crippen LogP) is 6.64. The number of carbonyl (C=O) groups is 2. The van der Waals surface area contributed by atoms with Crippen molar-refractivity contribution in [3.05, 3.63) is 102 Å². The van der Waals surface area contributed by atoms with E-state index in [0.717, 1.165) is 38.4 Å². The van der Waals surface area contributed by atoms with Gasteiger partial charge in [-0.15, -0.1) is 0 Å². The number of nitrogens with zero attached hydrogens (tertiary/aromatic N) is 3. The lowest BCUT2D eigenvalue weighted by Crippen LogP contribution is -2.36. The maximum atomic E-state index is 13.3. The molecular weight excluding hydrogens is 609 g/mol. The Morgan fingerprint density at radius 2 is 1.64 bits per heavy atom. The van der Waals surface area contributed by atoms with Gasteiger partial charge in [0.05, 0.1) is 30.6 Å². The Bertz CT molecular complexity index is 1800. The molecule has 0 amide bonds. The van der Waals surface area contributed by atoms with E-state index < -0.39 is 35.4 Å². The zero-order valence-electron chi connectivity index (χ0n) is 26.4. The molecule has 246 valence electrons. The van der Waals surface area contributed by atoms with Crippen LogP contribution in [0.4, 0.5) is 18.9 Å². The van der Waals surface area contributed by atoms with Gasteiger partial charge in [0.2, 0.25) is 0 Å². The van der Waals surface area contributed by atoms with Crippen LogP contribution >= 0.6 is 0 Å². The quantitative estimate of drug-likeness (QED) is 0.190. The van der Waals surface area contributed by atoms with Crippen molar-refractivity contribution in [2.45, 2.75) is 32.5 Å². The topological polar surface area (TPSA) is 105 Å². The van der Waals surface area contributed by atoms with E-state index in [1.807, 2.05) is 59.8 Å². The Labute approximate surface area is 271 Å². The van der Waals surface area contributed by atoms with E-state index in [1.54, 1.807) is 13.2 Å². The average Bonchev–Trinajstić information content (AvgIpc) is 3.07. The lowest BCUT2D eigenvalue weighted by molar-refractivity contribution is -0.139. The number of aliphatic carboxylic acids is 1. The number of hydrogen-bond acceptors (Lipinski definition) is 7. The number of ether oxygens (including phenoxy) is 1. The Morgan fingerprint density at radius 3 is 2.28 bits per heavy atom. The van der Waals surface area contributed by atoms with Gasteiger partial charge < -0.3 is 20.1 Å². The van der Waals surface area contributed by atoms with E-state index >= 15 is 0 Å². The Hall–Kier alpha value is -4.87. The highest BCUT2D eigenvalue weighted by atomic mass is 19.1. The van der Waals surface area contributed by atoms with E-state index in [0.29, 0.717) is 38.4 Å². The minimum Gasteiger partial charge on any atom is -0.480 e. The highest BCUT2D eigenvalue weighted by molar-refractivity contribution is 6.04. The fraction of sp³-hybridized carbons (Fsp3) is 0.278. The number of hydrogen-bond donors (Lipinski definition) is 2. The maximum absolute atomic E-state index is 13.3. The lowest BCUT2D eigenvalue weighted by atomic mass is 9.94. The second kappa shape index (κ2) is 16.6. The molecule has 6 rings (SSSR count). The first-order valence-corrected chi connectivity index (χ1v) is 15.1. The molecule has 0 bridgehead atoms. The first-order valence-electron chi connectivity index (χ1n) is 15.1. The van der Waals surface area contributed by atoms with Crippen molar-refractivity contribution < 1.29 is 32.6 Å². The van der Waals surface area contributed by atoms with Crippen LogP contribution in [-0.2, 0) is 16.0 Å². The fourth-order valence-corrected chi connectivity index (χ4v) is 5.20. The Balaban J connectivity index is 0.000000212. The third-order valence-corrected chi connectivity index (χ3v) is 7.46. The summed E-state index contributed by atoms with van der Waals surface area (Å²) in [5, 5.41) is 16.4. The second-order valence-electron chi connectivity index (χ2n) is 11.0. The summed E-state index contributed by atoms with van der Waals surface area (Å²) < 4.78 is 42.8. The van der Waals surface area contributed by atoms with Crippen molar-refractivity contribution >= 4 is 39.5 Å². The van der Waals surface area contributed by atoms with Gasteiger partial charge in [-0.3, -0.25) is 19.6 Å². The largest absolute Gasteiger partial charge is 0.480 e. The smallest absolute Gasteiger partial charge is 0.321 e. The van der Waals surface area contributed by atoms with Crippen LogP contribution in [0.3, 0.4) is 0 Å². The number of alkyl halides is 1. The Morgan fingerprint density at radius 1 is 1.00 bits per heavy atom. The monoisotopic (exact) mass is 646 g/mol. The number of aldehydes is 1. The molecule has 2 aromatic heterocycles. The summed E-state index contributed by atoms with van der Waals surface area (Å²) in [6.45, 7) is 5.27. The average molecular weight is 647 g/mol. The number of carbonyl (C=O) groups excluding carboxylic acids is 1. The number of benzene rings is 3. The molecule has 0 spiro atoms. The van der Waals surface area contributed by atoms with Gasteiger partial charge in [-0.25, -0.2) is 13.2 Å². The highest BCUT2D eigenvalue weighted by Gasteiger charge is 2.18. The highest BCUT2D eigenvalue weighted by Crippen LogP contribution is 2.33. The van der Waals surface area contributed by atoms with Crippen LogP contribution in [0.2, 0.25) is 0 Å². The number of likely N-dealkylation sites (N-methyl/N-ethyl adjacent to an activating group) is 1. The summed E-state index contributed by atoms with van der Waals surface area (Å²) in [7, 11) is 1.67. The normalized spacial score (nSPS) is 13.4. The van der Waals surface area contributed by atoms with Crippen LogP contribution in [-0.4, -0.2) is 72.9 Å². The molecule has 11 heteroatoms. The van der Waals surface area contributed by atoms with Crippen LogP contribution < -0.4 is 10.2 Å². The molecule has 0 radical (unpaired) electrons. The van der Waals surface area contributed by atoms with Crippen LogP contribution in [0.25, 0.3) is 32.8 Å². The Kier molecular flexibility index (Phi) is 12.4. The number of fused-ring (bicyclic) bond motifs is 2. The van der Waals surface area contributed by atoms with E-state index in [-0.39, 0.29) is 6.29 Å². The summed E-state index contributed by atoms with van der Waals surface area (Å²) in [4.78, 5) is 32.5. The number of anilines is 1. The van der Waals surface area contributed by atoms with Crippen molar-refractivity contribution in [3.8, 4) is 11.3 Å². The van der Waals surface area contributed by atoms with Gasteiger partial charge in [-0.05, 0) is 73.3 Å². The number of carboxylic acid groups (broad SMARTS) is 1. The fourth-order valence-electron chi connectivity index (χ4n) is 5.20. The summed E-state index contributed by atoms with van der Waals surface area (Å²) in [6, 6.07) is 17.8. The molecule has 2 N–H and O–H groups in total. The lowest BCUT2D eigenvalue weighted by Gasteiger charge is -2.29. The van der Waals surface area contributed by atoms with Gasteiger partial charge in [0.15, 0.2) is 6.29 Å². The number of pyridine rings is 2. The second-order valence-corrected chi connectivity index (χ2v) is 11.0. The predicted molar refractivity (Wildman–Crippen MR) is 178 cm³/mol. The molecule has 3 aromatic carbocycles. The summed E-state index contributed by atoms with van der Waals surface area (Å²) in [5.41, 5.74) is 2.83. The molecule has 1 aliphatic rings. The number of aromatic nitrogens is 2. The van der Waals surface area contributed by atoms with Gasteiger partial charge in [0.25, 0.3) is 0 Å². The van der Waals surface area contributed by atoms with Crippen LogP contribution in [0, 0.1) is 11.6 Å². The standard InChI is InChI=1S/C22H19N3O2.C11H11F2NO2.C3H7F/c1-23-20(22(26)27)12-15-4-2-6-17-16(15)5-3-7-18(17)21-19-13-24-10-8-14(19)9-11-25-21;12-10-5-8(6-11(13)9(10)7-15)14-1-3-16-4-2-14;1-3(2)4/h2-11,13,20,23H,12H2,1H3,(H,26,27);5-7H,1-4H2;3H,1-2H3. The number of halogens is 3. The van der Waals surface area contributed by atoms with E-state index in [4.69, 9.17) is 4.74 Å². The number of carboxylic acids is 1. The number of nitrogens with one attached hydrogen (secondary N) is 1. The van der Waals surface area contributed by atoms with Crippen LogP contribution in [0.1, 0.15) is 29.8 Å². The van der Waals surface area contributed by atoms with Crippen molar-refractivity contribution in [1.29, 1.82) is 0 Å². The minimum atomic E-state index is -0.854. The zero-order valence-corrected chi connectivity index (χ0v) is 26.4. The third-order valence-electron chi connectivity index (χ3n) is 7.46. The molecule has 1 atom stereocenters. The molecule has 47 heavy (non-hydrogen) atoms. The van der Waals surface area contributed by atoms with E-state index in [1.165, 1.54) is 26.0 Å². The van der Waals surface area contributed by atoms with Crippen molar-refractivity contribution in [3.63, 3.8) is 0 Å². The summed E-state index contributed by atoms with van der Waals surface area (Å²) in [5.74, 6) is -2.50. The molecular formula is C36H37F3N4O4. The molecule has 8 nitrogen and oxygen atoms in total. The van der Waals surface area contributed by atoms with Crippen molar-refractivity contribution in [2.24, 2.45) is 0 Å². The van der Waals surface area contributed by atoms with Crippen LogP contribution in [0.5, 0.6) is 0 Å². The minimum absolute atomic E-state index is 0.188. The SMILES string of the molecule is CC(C)F.CNC(Cc1cccc2c(-c3nccc4ccncc34)cccc12)C(=O)O.O=Cc1c(F)cc(N2CCOCC2)cc1F. The molecule has 1 aliphatic heterocycles. The maximum Gasteiger partial charge on any atom is 0.321 e. The first-order chi connectivity index (χ1) is 22.6. The molecule has 0 aliphatic carbocycles. The van der Waals surface area contributed by atoms with Gasteiger partial charge in [0, 0.05) is 48.3 Å². The van der Waals surface area contributed by atoms with Crippen molar-refractivity contribution in [2.75, 3.05) is 38.3 Å². The zero-order chi connectivity index (χ0) is 33.9. The van der Waals surface area contributed by atoms with Gasteiger partial charge >= 0.3 is 5.97 Å². The molecule has 5 aromatic rings. The van der Waals surface area contributed by atoms with E-state index in [9.17, 15) is 27.9 Å². The van der Waals surface area contributed by atoms with Crippen LogP contribution in [0.15, 0.2) is 79.3 Å².